The molecular weight excluding hydrogens is 507 g/mol. The van der Waals surface area contributed by atoms with Crippen molar-refractivity contribution in [2.75, 3.05) is 19.5 Å². The first-order valence-corrected chi connectivity index (χ1v) is 11.2. The molecule has 0 bridgehead atoms. The van der Waals surface area contributed by atoms with Gasteiger partial charge in [0.05, 0.1) is 31.6 Å². The molecular formula is C24H24F3N7O4. The molecule has 1 atom stereocenters. The van der Waals surface area contributed by atoms with Crippen LogP contribution in [0.5, 0.6) is 11.5 Å². The van der Waals surface area contributed by atoms with Gasteiger partial charge < -0.3 is 30.3 Å². The van der Waals surface area contributed by atoms with E-state index >= 15 is 0 Å². The Morgan fingerprint density at radius 1 is 1.13 bits per heavy atom. The monoisotopic (exact) mass is 531 g/mol. The standard InChI is InChI=1S/C24H24F3N7O4/c1-13(28)21(35)29-12-14-5-4-6-15(9-14)34-18(11-20(33-34)24(25,26)27)22-31-32-23(38-22)30-17-8-7-16(36-2)10-19(17)37-3/h4-11,13H,12,28H2,1-3H3,(H,29,35)(H,30,32)/t13-/m0/s1. The lowest BCUT2D eigenvalue weighted by Gasteiger charge is -2.10. The topological polar surface area (TPSA) is 142 Å². The van der Waals surface area contributed by atoms with Crippen LogP contribution in [0.15, 0.2) is 52.9 Å². The van der Waals surface area contributed by atoms with Crippen LogP contribution in [-0.2, 0) is 17.5 Å². The molecule has 0 spiro atoms. The number of carbonyl (C=O) groups is 1. The normalized spacial score (nSPS) is 12.2. The van der Waals surface area contributed by atoms with E-state index in [4.69, 9.17) is 19.6 Å². The number of anilines is 2. The first kappa shape index (κ1) is 26.5. The maximum atomic E-state index is 13.6. The van der Waals surface area contributed by atoms with Crippen molar-refractivity contribution < 1.29 is 31.9 Å². The van der Waals surface area contributed by atoms with E-state index in [2.05, 4.69) is 25.9 Å². The Balaban J connectivity index is 1.67. The predicted molar refractivity (Wildman–Crippen MR) is 130 cm³/mol. The molecule has 38 heavy (non-hydrogen) atoms. The molecule has 2 aromatic carbocycles. The summed E-state index contributed by atoms with van der Waals surface area (Å²) in [6.45, 7) is 1.66. The van der Waals surface area contributed by atoms with Crippen LogP contribution in [0.25, 0.3) is 17.3 Å². The summed E-state index contributed by atoms with van der Waals surface area (Å²) in [7, 11) is 2.98. The quantitative estimate of drug-likeness (QED) is 0.295. The Hall–Kier alpha value is -4.59. The van der Waals surface area contributed by atoms with Gasteiger partial charge in [-0.1, -0.05) is 17.2 Å². The number of hydrogen-bond acceptors (Lipinski definition) is 9. The first-order chi connectivity index (χ1) is 18.1. The molecule has 4 rings (SSSR count). The minimum atomic E-state index is -4.72. The number of carbonyl (C=O) groups excluding carboxylic acids is 1. The fourth-order valence-corrected chi connectivity index (χ4v) is 3.41. The summed E-state index contributed by atoms with van der Waals surface area (Å²) in [5, 5.41) is 17.1. The highest BCUT2D eigenvalue weighted by atomic mass is 19.4. The van der Waals surface area contributed by atoms with Gasteiger partial charge >= 0.3 is 12.2 Å². The number of amides is 1. The minimum Gasteiger partial charge on any atom is -0.497 e. The molecule has 4 aromatic rings. The van der Waals surface area contributed by atoms with Crippen LogP contribution >= 0.6 is 0 Å². The molecule has 0 aliphatic carbocycles. The van der Waals surface area contributed by atoms with E-state index in [-0.39, 0.29) is 35.7 Å². The van der Waals surface area contributed by atoms with Crippen LogP contribution in [0.3, 0.4) is 0 Å². The van der Waals surface area contributed by atoms with Gasteiger partial charge in [0, 0.05) is 18.7 Å². The second kappa shape index (κ2) is 10.8. The Kier molecular flexibility index (Phi) is 7.52. The smallest absolute Gasteiger partial charge is 0.435 e. The third-order valence-electron chi connectivity index (χ3n) is 5.33. The molecule has 0 unspecified atom stereocenters. The summed E-state index contributed by atoms with van der Waals surface area (Å²) in [6.07, 6.45) is -4.72. The Bertz CT molecular complexity index is 1430. The van der Waals surface area contributed by atoms with Crippen LogP contribution in [0.1, 0.15) is 18.2 Å². The number of halogens is 3. The van der Waals surface area contributed by atoms with E-state index in [1.165, 1.54) is 14.2 Å². The summed E-state index contributed by atoms with van der Waals surface area (Å²) in [5.74, 6) is 0.399. The summed E-state index contributed by atoms with van der Waals surface area (Å²) >= 11 is 0. The number of aromatic nitrogens is 4. The van der Waals surface area contributed by atoms with E-state index in [1.54, 1.807) is 49.4 Å². The van der Waals surface area contributed by atoms with Crippen LogP contribution in [0.4, 0.5) is 24.9 Å². The third-order valence-corrected chi connectivity index (χ3v) is 5.33. The predicted octanol–water partition coefficient (Wildman–Crippen LogP) is 3.67. The number of rotatable bonds is 9. The minimum absolute atomic E-state index is 0.0860. The molecule has 0 aliphatic heterocycles. The zero-order chi connectivity index (χ0) is 27.4. The number of hydrogen-bond donors (Lipinski definition) is 3. The summed E-state index contributed by atoms with van der Waals surface area (Å²) in [5.41, 5.74) is 5.69. The first-order valence-electron chi connectivity index (χ1n) is 11.2. The number of alkyl halides is 3. The van der Waals surface area contributed by atoms with Crippen molar-refractivity contribution in [1.82, 2.24) is 25.3 Å². The van der Waals surface area contributed by atoms with E-state index in [0.717, 1.165) is 10.7 Å². The number of benzene rings is 2. The molecule has 2 heterocycles. The number of nitrogens with two attached hydrogens (primary N) is 1. The van der Waals surface area contributed by atoms with Gasteiger partial charge in [0.2, 0.25) is 5.91 Å². The largest absolute Gasteiger partial charge is 0.497 e. The lowest BCUT2D eigenvalue weighted by atomic mass is 10.2. The van der Waals surface area contributed by atoms with Crippen LogP contribution in [-0.4, -0.2) is 46.1 Å². The summed E-state index contributed by atoms with van der Waals surface area (Å²) in [6, 6.07) is 11.5. The van der Waals surface area contributed by atoms with Crippen molar-refractivity contribution in [3.8, 4) is 28.8 Å². The summed E-state index contributed by atoms with van der Waals surface area (Å²) in [4.78, 5) is 11.8. The molecule has 4 N–H and O–H groups in total. The molecule has 0 saturated carbocycles. The van der Waals surface area contributed by atoms with Crippen molar-refractivity contribution in [3.63, 3.8) is 0 Å². The second-order valence-electron chi connectivity index (χ2n) is 8.10. The SMILES string of the molecule is COc1ccc(Nc2nnc(-c3cc(C(F)(F)F)nn3-c3cccc(CNC(=O)[C@H](C)N)c3)o2)c(OC)c1. The number of ether oxygens (including phenoxy) is 2. The van der Waals surface area contributed by atoms with Crippen molar-refractivity contribution >= 4 is 17.6 Å². The third kappa shape index (κ3) is 5.86. The fourth-order valence-electron chi connectivity index (χ4n) is 3.41. The van der Waals surface area contributed by atoms with Crippen molar-refractivity contribution in [1.29, 1.82) is 0 Å². The second-order valence-corrected chi connectivity index (χ2v) is 8.10. The summed E-state index contributed by atoms with van der Waals surface area (Å²) < 4.78 is 57.9. The lowest BCUT2D eigenvalue weighted by molar-refractivity contribution is -0.141. The maximum absolute atomic E-state index is 13.6. The molecule has 1 amide bonds. The average molecular weight is 531 g/mol. The van der Waals surface area contributed by atoms with Gasteiger partial charge in [-0.3, -0.25) is 4.79 Å². The van der Waals surface area contributed by atoms with Gasteiger partial charge in [0.15, 0.2) is 5.69 Å². The average Bonchev–Trinajstić information content (AvgIpc) is 3.55. The van der Waals surface area contributed by atoms with Gasteiger partial charge in [-0.2, -0.15) is 18.3 Å². The van der Waals surface area contributed by atoms with Gasteiger partial charge in [0.25, 0.3) is 5.89 Å². The zero-order valence-corrected chi connectivity index (χ0v) is 20.5. The molecule has 0 saturated heterocycles. The molecule has 200 valence electrons. The van der Waals surface area contributed by atoms with Crippen LogP contribution < -0.4 is 25.8 Å². The molecule has 0 radical (unpaired) electrons. The van der Waals surface area contributed by atoms with E-state index < -0.39 is 17.9 Å². The molecule has 2 aromatic heterocycles. The van der Waals surface area contributed by atoms with Gasteiger partial charge in [-0.25, -0.2) is 4.68 Å². The van der Waals surface area contributed by atoms with Gasteiger partial charge in [-0.15, -0.1) is 5.10 Å². The van der Waals surface area contributed by atoms with Crippen molar-refractivity contribution in [2.45, 2.75) is 25.7 Å². The number of methoxy groups -OCH3 is 2. The van der Waals surface area contributed by atoms with E-state index in [0.29, 0.717) is 22.7 Å². The van der Waals surface area contributed by atoms with Crippen molar-refractivity contribution in [2.24, 2.45) is 5.73 Å². The Morgan fingerprint density at radius 2 is 1.92 bits per heavy atom. The van der Waals surface area contributed by atoms with Gasteiger partial charge in [0.1, 0.15) is 17.2 Å². The molecule has 14 heteroatoms. The van der Waals surface area contributed by atoms with Crippen LogP contribution in [0, 0.1) is 0 Å². The van der Waals surface area contributed by atoms with Gasteiger partial charge in [-0.05, 0) is 36.8 Å². The molecule has 0 aliphatic rings. The highest BCUT2D eigenvalue weighted by Crippen LogP contribution is 2.35. The fraction of sp³-hybridized carbons (Fsp3) is 0.250. The highest BCUT2D eigenvalue weighted by molar-refractivity contribution is 5.80. The van der Waals surface area contributed by atoms with E-state index in [1.807, 2.05) is 0 Å². The number of nitrogens with one attached hydrogen (secondary N) is 2. The Labute approximate surface area is 214 Å². The van der Waals surface area contributed by atoms with Crippen LogP contribution in [0.2, 0.25) is 0 Å². The zero-order valence-electron chi connectivity index (χ0n) is 20.5. The molecule has 0 fully saturated rings. The van der Waals surface area contributed by atoms with Crippen molar-refractivity contribution in [3.05, 3.63) is 59.8 Å². The number of nitrogens with zero attached hydrogens (tertiary/aromatic N) is 4. The lowest BCUT2D eigenvalue weighted by Crippen LogP contribution is -2.37. The molecule has 11 nitrogen and oxygen atoms in total. The van der Waals surface area contributed by atoms with E-state index in [9.17, 15) is 18.0 Å². The maximum Gasteiger partial charge on any atom is 0.435 e. The Morgan fingerprint density at radius 3 is 2.61 bits per heavy atom. The highest BCUT2D eigenvalue weighted by Gasteiger charge is 2.36.